The van der Waals surface area contributed by atoms with Crippen molar-refractivity contribution in [1.29, 1.82) is 0 Å². The average Bonchev–Trinajstić information content (AvgIpc) is 2.69. The summed E-state index contributed by atoms with van der Waals surface area (Å²) < 4.78 is 25.3. The van der Waals surface area contributed by atoms with Gasteiger partial charge in [0.15, 0.2) is 11.6 Å². The summed E-state index contributed by atoms with van der Waals surface area (Å²) in [7, 11) is 1.39. The molecule has 0 unspecified atom stereocenters. The maximum absolute atomic E-state index is 13.7. The molecule has 0 aliphatic heterocycles. The molecule has 108 valence electrons. The molecule has 0 saturated carbocycles. The van der Waals surface area contributed by atoms with Crippen LogP contribution >= 0.6 is 0 Å². The summed E-state index contributed by atoms with van der Waals surface area (Å²) in [5, 5.41) is 6.36. The number of anilines is 1. The SMILES string of the molecule is COc1c(NC(=O)OC(C)(C)C)ccn2ncc(F)c12. The summed E-state index contributed by atoms with van der Waals surface area (Å²) >= 11 is 0. The topological polar surface area (TPSA) is 64.9 Å². The Kier molecular flexibility index (Phi) is 3.52. The lowest BCUT2D eigenvalue weighted by molar-refractivity contribution is 0.0635. The molecule has 0 aliphatic rings. The highest BCUT2D eigenvalue weighted by molar-refractivity contribution is 5.89. The second kappa shape index (κ2) is 4.99. The Morgan fingerprint density at radius 3 is 2.75 bits per heavy atom. The monoisotopic (exact) mass is 281 g/mol. The van der Waals surface area contributed by atoms with Gasteiger partial charge in [-0.3, -0.25) is 5.32 Å². The number of pyridine rings is 1. The molecule has 2 rings (SSSR count). The smallest absolute Gasteiger partial charge is 0.412 e. The van der Waals surface area contributed by atoms with Gasteiger partial charge >= 0.3 is 6.09 Å². The molecule has 0 saturated heterocycles. The van der Waals surface area contributed by atoms with E-state index in [0.29, 0.717) is 5.69 Å². The number of hydrogen-bond acceptors (Lipinski definition) is 4. The molecule has 2 aromatic rings. The minimum Gasteiger partial charge on any atom is -0.492 e. The van der Waals surface area contributed by atoms with Crippen LogP contribution in [0.15, 0.2) is 18.5 Å². The van der Waals surface area contributed by atoms with Crippen molar-refractivity contribution in [3.8, 4) is 5.75 Å². The predicted octanol–water partition coefficient (Wildman–Crippen LogP) is 2.83. The minimum absolute atomic E-state index is 0.154. The maximum Gasteiger partial charge on any atom is 0.412 e. The van der Waals surface area contributed by atoms with Gasteiger partial charge in [-0.05, 0) is 26.8 Å². The summed E-state index contributed by atoms with van der Waals surface area (Å²) in [6.45, 7) is 5.26. The van der Waals surface area contributed by atoms with Crippen LogP contribution in [0.5, 0.6) is 5.75 Å². The number of halogens is 1. The summed E-state index contributed by atoms with van der Waals surface area (Å²) in [5.74, 6) is -0.344. The molecule has 6 nitrogen and oxygen atoms in total. The van der Waals surface area contributed by atoms with Crippen molar-refractivity contribution in [2.24, 2.45) is 0 Å². The van der Waals surface area contributed by atoms with Crippen molar-refractivity contribution in [2.45, 2.75) is 26.4 Å². The molecule has 1 N–H and O–H groups in total. The van der Waals surface area contributed by atoms with Gasteiger partial charge in [-0.1, -0.05) is 0 Å². The van der Waals surface area contributed by atoms with Crippen molar-refractivity contribution >= 4 is 17.3 Å². The third kappa shape index (κ3) is 2.81. The van der Waals surface area contributed by atoms with Gasteiger partial charge in [0.2, 0.25) is 0 Å². The second-order valence-electron chi connectivity index (χ2n) is 5.18. The van der Waals surface area contributed by atoms with E-state index in [-0.39, 0.29) is 11.3 Å². The normalized spacial score (nSPS) is 11.4. The van der Waals surface area contributed by atoms with Gasteiger partial charge in [-0.15, -0.1) is 0 Å². The molecule has 0 radical (unpaired) electrons. The molecule has 0 bridgehead atoms. The number of nitrogens with zero attached hydrogens (tertiary/aromatic N) is 2. The molecule has 0 spiro atoms. The predicted molar refractivity (Wildman–Crippen MR) is 71.6 cm³/mol. The summed E-state index contributed by atoms with van der Waals surface area (Å²) in [4.78, 5) is 11.8. The lowest BCUT2D eigenvalue weighted by atomic mass is 10.2. The number of methoxy groups -OCH3 is 1. The Hall–Kier alpha value is -2.31. The van der Waals surface area contributed by atoms with Crippen molar-refractivity contribution in [1.82, 2.24) is 9.61 Å². The molecule has 7 heteroatoms. The highest BCUT2D eigenvalue weighted by Gasteiger charge is 2.20. The third-order valence-corrected chi connectivity index (χ3v) is 2.43. The molecule has 2 aromatic heterocycles. The standard InChI is InChI=1S/C13H16FN3O3/c1-13(2,3)20-12(18)16-9-5-6-17-10(11(9)19-4)8(14)7-15-17/h5-7H,1-4H3,(H,16,18). The number of rotatable bonds is 2. The van der Waals surface area contributed by atoms with Crippen LogP contribution < -0.4 is 10.1 Å². The number of aromatic nitrogens is 2. The van der Waals surface area contributed by atoms with Crippen LogP contribution in [0.3, 0.4) is 0 Å². The van der Waals surface area contributed by atoms with Gasteiger partial charge in [0.05, 0.1) is 19.0 Å². The van der Waals surface area contributed by atoms with Crippen molar-refractivity contribution in [3.05, 3.63) is 24.3 Å². The molecule has 20 heavy (non-hydrogen) atoms. The van der Waals surface area contributed by atoms with Crippen LogP contribution in [-0.4, -0.2) is 28.4 Å². The molecule has 1 amide bonds. The first-order valence-corrected chi connectivity index (χ1v) is 6.01. The van der Waals surface area contributed by atoms with Gasteiger partial charge in [0.25, 0.3) is 0 Å². The molecular weight excluding hydrogens is 265 g/mol. The van der Waals surface area contributed by atoms with Gasteiger partial charge < -0.3 is 9.47 Å². The van der Waals surface area contributed by atoms with Gasteiger partial charge in [0.1, 0.15) is 11.1 Å². The molecular formula is C13H16FN3O3. The molecule has 0 atom stereocenters. The van der Waals surface area contributed by atoms with Crippen LogP contribution in [0.25, 0.3) is 5.52 Å². The number of ether oxygens (including phenoxy) is 2. The van der Waals surface area contributed by atoms with Gasteiger partial charge in [-0.2, -0.15) is 5.10 Å². The second-order valence-corrected chi connectivity index (χ2v) is 5.18. The Bertz CT molecular complexity index is 646. The van der Waals surface area contributed by atoms with E-state index in [9.17, 15) is 9.18 Å². The zero-order valence-electron chi connectivity index (χ0n) is 11.7. The Labute approximate surface area is 115 Å². The van der Waals surface area contributed by atoms with Crippen LogP contribution in [0.1, 0.15) is 20.8 Å². The fraction of sp³-hybridized carbons (Fsp3) is 0.385. The fourth-order valence-corrected chi connectivity index (χ4v) is 1.73. The van der Waals surface area contributed by atoms with Crippen molar-refractivity contribution in [2.75, 3.05) is 12.4 Å². The summed E-state index contributed by atoms with van der Waals surface area (Å²) in [6.07, 6.45) is 1.96. The van der Waals surface area contributed by atoms with Gasteiger partial charge in [-0.25, -0.2) is 13.7 Å². The first-order valence-electron chi connectivity index (χ1n) is 6.01. The first-order chi connectivity index (χ1) is 9.31. The van der Waals surface area contributed by atoms with E-state index >= 15 is 0 Å². The van der Waals surface area contributed by atoms with E-state index in [1.54, 1.807) is 26.8 Å². The van der Waals surface area contributed by atoms with Crippen molar-refractivity contribution in [3.63, 3.8) is 0 Å². The maximum atomic E-state index is 13.7. The van der Waals surface area contributed by atoms with E-state index in [1.807, 2.05) is 0 Å². The Morgan fingerprint density at radius 2 is 2.15 bits per heavy atom. The lowest BCUT2D eigenvalue weighted by Crippen LogP contribution is -2.27. The lowest BCUT2D eigenvalue weighted by Gasteiger charge is -2.20. The molecule has 0 fully saturated rings. The highest BCUT2D eigenvalue weighted by Crippen LogP contribution is 2.31. The molecule has 0 aromatic carbocycles. The number of carbonyl (C=O) groups is 1. The minimum atomic E-state index is -0.639. The summed E-state index contributed by atoms with van der Waals surface area (Å²) in [5.41, 5.74) is -0.154. The van der Waals surface area contributed by atoms with Crippen LogP contribution in [0, 0.1) is 5.82 Å². The largest absolute Gasteiger partial charge is 0.492 e. The quantitative estimate of drug-likeness (QED) is 0.919. The van der Waals surface area contributed by atoms with E-state index in [0.717, 1.165) is 6.20 Å². The van der Waals surface area contributed by atoms with Gasteiger partial charge in [0, 0.05) is 6.20 Å². The van der Waals surface area contributed by atoms with E-state index < -0.39 is 17.5 Å². The zero-order chi connectivity index (χ0) is 14.9. The van der Waals surface area contributed by atoms with E-state index in [4.69, 9.17) is 9.47 Å². The number of amides is 1. The van der Waals surface area contributed by atoms with E-state index in [2.05, 4.69) is 10.4 Å². The van der Waals surface area contributed by atoms with Crippen LogP contribution in [0.4, 0.5) is 14.9 Å². The fourth-order valence-electron chi connectivity index (χ4n) is 1.73. The first kappa shape index (κ1) is 14.1. The Balaban J connectivity index is 2.35. The number of nitrogens with one attached hydrogen (secondary N) is 1. The Morgan fingerprint density at radius 1 is 1.45 bits per heavy atom. The van der Waals surface area contributed by atoms with Crippen LogP contribution in [0.2, 0.25) is 0 Å². The molecule has 2 heterocycles. The number of hydrogen-bond donors (Lipinski definition) is 1. The number of fused-ring (bicyclic) bond motifs is 1. The average molecular weight is 281 g/mol. The molecule has 0 aliphatic carbocycles. The zero-order valence-corrected chi connectivity index (χ0v) is 11.7. The van der Waals surface area contributed by atoms with Crippen LogP contribution in [-0.2, 0) is 4.74 Å². The highest BCUT2D eigenvalue weighted by atomic mass is 19.1. The number of carbonyl (C=O) groups excluding carboxylic acids is 1. The summed E-state index contributed by atoms with van der Waals surface area (Å²) in [6, 6.07) is 1.56. The van der Waals surface area contributed by atoms with E-state index in [1.165, 1.54) is 17.8 Å². The third-order valence-electron chi connectivity index (χ3n) is 2.43. The van der Waals surface area contributed by atoms with Crippen molar-refractivity contribution < 1.29 is 18.7 Å².